The van der Waals surface area contributed by atoms with Crippen LogP contribution in [0.25, 0.3) is 0 Å². The van der Waals surface area contributed by atoms with Crippen LogP contribution in [0.5, 0.6) is 0 Å². The molecule has 2 aromatic carbocycles. The van der Waals surface area contributed by atoms with E-state index in [0.717, 1.165) is 5.56 Å². The van der Waals surface area contributed by atoms with Crippen molar-refractivity contribution in [2.45, 2.75) is 45.4 Å². The third-order valence-electron chi connectivity index (χ3n) is 5.14. The van der Waals surface area contributed by atoms with Crippen LogP contribution >= 0.6 is 35.0 Å². The monoisotopic (exact) mass is 519 g/mol. The van der Waals surface area contributed by atoms with Crippen molar-refractivity contribution < 1.29 is 9.59 Å². The van der Waals surface area contributed by atoms with Gasteiger partial charge in [0.25, 0.3) is 5.91 Å². The van der Waals surface area contributed by atoms with Crippen molar-refractivity contribution in [3.63, 3.8) is 0 Å². The summed E-state index contributed by atoms with van der Waals surface area (Å²) in [6.07, 6.45) is 0. The van der Waals surface area contributed by atoms with E-state index in [2.05, 4.69) is 20.8 Å². The molecule has 0 fully saturated rings. The van der Waals surface area contributed by atoms with Crippen LogP contribution in [0.1, 0.15) is 48.6 Å². The number of nitrogens with zero attached hydrogens (tertiary/aromatic N) is 3. The van der Waals surface area contributed by atoms with Gasteiger partial charge in [0, 0.05) is 17.1 Å². The van der Waals surface area contributed by atoms with E-state index in [4.69, 9.17) is 23.2 Å². The Morgan fingerprint density at radius 2 is 1.79 bits per heavy atom. The van der Waals surface area contributed by atoms with Crippen LogP contribution < -0.4 is 10.6 Å². The average Bonchev–Trinajstić information content (AvgIpc) is 3.21. The van der Waals surface area contributed by atoms with Crippen molar-refractivity contribution >= 4 is 52.5 Å². The molecule has 0 aliphatic carbocycles. The van der Waals surface area contributed by atoms with Crippen molar-refractivity contribution in [2.75, 3.05) is 11.1 Å². The fourth-order valence-electron chi connectivity index (χ4n) is 3.30. The van der Waals surface area contributed by atoms with Crippen LogP contribution in [-0.4, -0.2) is 32.3 Å². The Hall–Kier alpha value is -2.55. The number of hydrogen-bond acceptors (Lipinski definition) is 5. The quantitative estimate of drug-likeness (QED) is 0.350. The molecule has 7 nitrogen and oxygen atoms in total. The van der Waals surface area contributed by atoms with Crippen molar-refractivity contribution in [1.82, 2.24) is 20.1 Å². The number of nitrogens with one attached hydrogen (secondary N) is 2. The highest BCUT2D eigenvalue weighted by molar-refractivity contribution is 7.99. The molecule has 10 heteroatoms. The number of aromatic nitrogens is 3. The van der Waals surface area contributed by atoms with Crippen LogP contribution in [0.2, 0.25) is 10.0 Å². The van der Waals surface area contributed by atoms with E-state index in [1.54, 1.807) is 30.3 Å². The zero-order valence-electron chi connectivity index (χ0n) is 19.4. The minimum Gasteiger partial charge on any atom is -0.342 e. The van der Waals surface area contributed by atoms with Gasteiger partial charge in [0.15, 0.2) is 11.0 Å². The number of carbonyl (C=O) groups excluding carboxylic acids is 2. The maximum absolute atomic E-state index is 12.8. The molecule has 1 atom stereocenters. The lowest BCUT2D eigenvalue weighted by atomic mass is 10.0. The molecular formula is C24H27Cl2N5O2S. The molecule has 1 heterocycles. The second-order valence-electron chi connectivity index (χ2n) is 8.11. The van der Waals surface area contributed by atoms with Crippen LogP contribution in [0.4, 0.5) is 5.69 Å². The zero-order chi connectivity index (χ0) is 24.8. The molecule has 1 unspecified atom stereocenters. The van der Waals surface area contributed by atoms with E-state index < -0.39 is 0 Å². The smallest absolute Gasteiger partial charge is 0.251 e. The first-order chi connectivity index (χ1) is 16.2. The molecule has 180 valence electrons. The SMILES string of the molecule is CCn1c(SCC(=O)Nc2cc(Cl)ccc2Cl)nnc1C(NC(=O)c1ccc(C)cc1)C(C)C. The van der Waals surface area contributed by atoms with E-state index in [9.17, 15) is 9.59 Å². The van der Waals surface area contributed by atoms with E-state index >= 15 is 0 Å². The van der Waals surface area contributed by atoms with Crippen molar-refractivity contribution in [1.29, 1.82) is 0 Å². The fourth-order valence-corrected chi connectivity index (χ4v) is 4.45. The van der Waals surface area contributed by atoms with E-state index in [1.807, 2.05) is 44.4 Å². The molecule has 0 bridgehead atoms. The number of halogens is 2. The summed E-state index contributed by atoms with van der Waals surface area (Å²) in [4.78, 5) is 25.3. The van der Waals surface area contributed by atoms with Gasteiger partial charge in [-0.3, -0.25) is 9.59 Å². The Morgan fingerprint density at radius 3 is 2.44 bits per heavy atom. The number of rotatable bonds is 9. The van der Waals surface area contributed by atoms with Crippen molar-refractivity contribution in [3.8, 4) is 0 Å². The van der Waals surface area contributed by atoms with E-state index in [0.29, 0.717) is 38.8 Å². The van der Waals surface area contributed by atoms with Gasteiger partial charge < -0.3 is 15.2 Å². The molecule has 1 aromatic heterocycles. The highest BCUT2D eigenvalue weighted by Crippen LogP contribution is 2.27. The number of aryl methyl sites for hydroxylation is 1. The molecule has 0 aliphatic rings. The third-order valence-corrected chi connectivity index (χ3v) is 6.67. The number of carbonyl (C=O) groups is 2. The molecule has 2 amide bonds. The van der Waals surface area contributed by atoms with Gasteiger partial charge in [-0.2, -0.15) is 0 Å². The van der Waals surface area contributed by atoms with Gasteiger partial charge in [0.2, 0.25) is 5.91 Å². The number of benzene rings is 2. The lowest BCUT2D eigenvalue weighted by molar-refractivity contribution is -0.113. The summed E-state index contributed by atoms with van der Waals surface area (Å²) in [6, 6.07) is 12.0. The van der Waals surface area contributed by atoms with Gasteiger partial charge in [0.05, 0.1) is 22.5 Å². The minimum atomic E-state index is -0.338. The first-order valence-electron chi connectivity index (χ1n) is 10.9. The molecule has 34 heavy (non-hydrogen) atoms. The molecule has 0 radical (unpaired) electrons. The van der Waals surface area contributed by atoms with Gasteiger partial charge in [0.1, 0.15) is 0 Å². The van der Waals surface area contributed by atoms with Crippen molar-refractivity contribution in [3.05, 3.63) is 69.5 Å². The summed E-state index contributed by atoms with van der Waals surface area (Å²) < 4.78 is 1.92. The first-order valence-corrected chi connectivity index (χ1v) is 12.6. The predicted molar refractivity (Wildman–Crippen MR) is 138 cm³/mol. The normalized spacial score (nSPS) is 12.0. The maximum Gasteiger partial charge on any atom is 0.251 e. The second kappa shape index (κ2) is 11.7. The summed E-state index contributed by atoms with van der Waals surface area (Å²) in [5.74, 6) is 0.433. The highest BCUT2D eigenvalue weighted by atomic mass is 35.5. The number of amides is 2. The zero-order valence-corrected chi connectivity index (χ0v) is 21.8. The van der Waals surface area contributed by atoms with Crippen LogP contribution in [0, 0.1) is 12.8 Å². The number of thioether (sulfide) groups is 1. The Labute approximate surface area is 213 Å². The summed E-state index contributed by atoms with van der Waals surface area (Å²) >= 11 is 13.4. The summed E-state index contributed by atoms with van der Waals surface area (Å²) in [5.41, 5.74) is 2.13. The average molecular weight is 520 g/mol. The van der Waals surface area contributed by atoms with Gasteiger partial charge in [-0.15, -0.1) is 10.2 Å². The van der Waals surface area contributed by atoms with Crippen LogP contribution in [-0.2, 0) is 11.3 Å². The van der Waals surface area contributed by atoms with Crippen LogP contribution in [0.15, 0.2) is 47.6 Å². The molecule has 0 spiro atoms. The Bertz CT molecular complexity index is 1160. The third kappa shape index (κ3) is 6.52. The van der Waals surface area contributed by atoms with Gasteiger partial charge in [-0.05, 0) is 50.1 Å². The van der Waals surface area contributed by atoms with Gasteiger partial charge in [-0.25, -0.2) is 0 Å². The number of anilines is 1. The highest BCUT2D eigenvalue weighted by Gasteiger charge is 2.26. The second-order valence-corrected chi connectivity index (χ2v) is 9.89. The summed E-state index contributed by atoms with van der Waals surface area (Å²) in [7, 11) is 0. The largest absolute Gasteiger partial charge is 0.342 e. The van der Waals surface area contributed by atoms with Crippen LogP contribution in [0.3, 0.4) is 0 Å². The summed E-state index contributed by atoms with van der Waals surface area (Å²) in [6.45, 7) is 8.58. The molecule has 0 aliphatic heterocycles. The molecule has 0 saturated carbocycles. The van der Waals surface area contributed by atoms with E-state index in [1.165, 1.54) is 11.8 Å². The molecule has 0 saturated heterocycles. The van der Waals surface area contributed by atoms with Gasteiger partial charge >= 0.3 is 0 Å². The Morgan fingerprint density at radius 1 is 1.09 bits per heavy atom. The first kappa shape index (κ1) is 26.1. The minimum absolute atomic E-state index is 0.0787. The van der Waals surface area contributed by atoms with E-state index in [-0.39, 0.29) is 29.5 Å². The maximum atomic E-state index is 12.8. The summed E-state index contributed by atoms with van der Waals surface area (Å²) in [5, 5.41) is 16.0. The molecular weight excluding hydrogens is 493 g/mol. The van der Waals surface area contributed by atoms with Crippen molar-refractivity contribution in [2.24, 2.45) is 5.92 Å². The predicted octanol–water partition coefficient (Wildman–Crippen LogP) is 5.77. The molecule has 2 N–H and O–H groups in total. The molecule has 3 rings (SSSR count). The Kier molecular flexibility index (Phi) is 8.99. The Balaban J connectivity index is 1.72. The van der Waals surface area contributed by atoms with Gasteiger partial charge in [-0.1, -0.05) is 66.5 Å². The fraction of sp³-hybridized carbons (Fsp3) is 0.333. The topological polar surface area (TPSA) is 88.9 Å². The standard InChI is InChI=1S/C24H27Cl2N5O2S/c1-5-31-22(21(14(2)3)28-23(33)16-8-6-15(4)7-9-16)29-30-24(31)34-13-20(32)27-19-12-17(25)10-11-18(19)26/h6-12,14,21H,5,13H2,1-4H3,(H,27,32)(H,28,33). The number of hydrogen-bond donors (Lipinski definition) is 2. The lowest BCUT2D eigenvalue weighted by Crippen LogP contribution is -2.33. The lowest BCUT2D eigenvalue weighted by Gasteiger charge is -2.22. The molecule has 3 aromatic rings.